The number of likely N-dealkylation sites (N-methyl/N-ethyl adjacent to an activating group) is 1. The maximum absolute atomic E-state index is 12.4. The molecule has 0 aliphatic heterocycles. The first kappa shape index (κ1) is 15.6. The third-order valence-electron chi connectivity index (χ3n) is 2.81. The Hall–Kier alpha value is -0.470. The molecule has 0 saturated carbocycles. The lowest BCUT2D eigenvalue weighted by molar-refractivity contribution is 0.149. The van der Waals surface area contributed by atoms with Crippen LogP contribution in [0.1, 0.15) is 16.7 Å². The van der Waals surface area contributed by atoms with Crippen molar-refractivity contribution in [3.05, 3.63) is 15.8 Å². The first-order chi connectivity index (χ1) is 8.34. The van der Waals surface area contributed by atoms with Crippen LogP contribution >= 0.6 is 11.3 Å². The van der Waals surface area contributed by atoms with E-state index in [1.54, 1.807) is 27.1 Å². The number of nitrogens with zero attached hydrogens (tertiary/aromatic N) is 1. The third-order valence-corrected chi connectivity index (χ3v) is 6.11. The molecule has 0 amide bonds. The van der Waals surface area contributed by atoms with Crippen molar-refractivity contribution >= 4 is 21.4 Å². The van der Waals surface area contributed by atoms with E-state index < -0.39 is 10.0 Å². The summed E-state index contributed by atoms with van der Waals surface area (Å²) in [6, 6.07) is 1.45. The fraction of sp³-hybridized carbons (Fsp3) is 0.636. The van der Waals surface area contributed by atoms with Gasteiger partial charge in [0.2, 0.25) is 10.0 Å². The highest BCUT2D eigenvalue weighted by Gasteiger charge is 2.28. The Morgan fingerprint density at radius 1 is 1.56 bits per heavy atom. The van der Waals surface area contributed by atoms with Crippen LogP contribution in [-0.4, -0.2) is 39.5 Å². The largest absolute Gasteiger partial charge is 0.383 e. The van der Waals surface area contributed by atoms with E-state index in [4.69, 9.17) is 10.5 Å². The van der Waals surface area contributed by atoms with E-state index >= 15 is 0 Å². The topological polar surface area (TPSA) is 72.6 Å². The molecule has 1 atom stereocenters. The van der Waals surface area contributed by atoms with Gasteiger partial charge in [-0.15, -0.1) is 11.3 Å². The normalized spacial score (nSPS) is 14.1. The second-order valence-electron chi connectivity index (χ2n) is 4.16. The molecule has 0 aliphatic rings. The molecule has 0 fully saturated rings. The minimum Gasteiger partial charge on any atom is -0.383 e. The van der Waals surface area contributed by atoms with Crippen LogP contribution in [0.4, 0.5) is 0 Å². The summed E-state index contributed by atoms with van der Waals surface area (Å²) in [6.07, 6.45) is 0. The van der Waals surface area contributed by atoms with Gasteiger partial charge in [-0.3, -0.25) is 0 Å². The SMILES string of the molecule is COCC(C)N(C)S(=O)(=O)c1cc(CN)sc1C. The number of rotatable bonds is 6. The van der Waals surface area contributed by atoms with Crippen molar-refractivity contribution in [1.82, 2.24) is 4.31 Å². The summed E-state index contributed by atoms with van der Waals surface area (Å²) in [6.45, 7) is 4.33. The van der Waals surface area contributed by atoms with Gasteiger partial charge in [0.15, 0.2) is 0 Å². The van der Waals surface area contributed by atoms with Gasteiger partial charge in [-0.05, 0) is 19.9 Å². The monoisotopic (exact) mass is 292 g/mol. The van der Waals surface area contributed by atoms with E-state index in [1.807, 2.05) is 6.92 Å². The highest BCUT2D eigenvalue weighted by Crippen LogP contribution is 2.28. The molecular formula is C11H20N2O3S2. The van der Waals surface area contributed by atoms with Gasteiger partial charge >= 0.3 is 0 Å². The van der Waals surface area contributed by atoms with Crippen molar-refractivity contribution in [3.8, 4) is 0 Å². The molecule has 1 unspecified atom stereocenters. The van der Waals surface area contributed by atoms with E-state index in [0.29, 0.717) is 18.0 Å². The van der Waals surface area contributed by atoms with Gasteiger partial charge in [-0.2, -0.15) is 4.31 Å². The fourth-order valence-electron chi connectivity index (χ4n) is 1.62. The molecule has 1 aromatic rings. The number of sulfonamides is 1. The van der Waals surface area contributed by atoms with Gasteiger partial charge in [-0.25, -0.2) is 8.42 Å². The number of nitrogens with two attached hydrogens (primary N) is 1. The number of hydrogen-bond donors (Lipinski definition) is 1. The van der Waals surface area contributed by atoms with Gasteiger partial charge in [0.1, 0.15) is 0 Å². The quantitative estimate of drug-likeness (QED) is 0.854. The van der Waals surface area contributed by atoms with Crippen LogP contribution in [0.3, 0.4) is 0 Å². The van der Waals surface area contributed by atoms with Crippen LogP contribution in [0.15, 0.2) is 11.0 Å². The molecule has 0 aromatic carbocycles. The molecule has 5 nitrogen and oxygen atoms in total. The molecule has 0 aliphatic carbocycles. The minimum atomic E-state index is -3.47. The van der Waals surface area contributed by atoms with Crippen LogP contribution in [0.2, 0.25) is 0 Å². The number of thiophene rings is 1. The number of aryl methyl sites for hydroxylation is 1. The Labute approximate surface area is 113 Å². The lowest BCUT2D eigenvalue weighted by Gasteiger charge is -2.23. The summed E-state index contributed by atoms with van der Waals surface area (Å²) in [5.74, 6) is 0. The predicted octanol–water partition coefficient (Wildman–Crippen LogP) is 1.17. The third kappa shape index (κ3) is 3.10. The molecule has 0 spiro atoms. The molecule has 1 aromatic heterocycles. The maximum atomic E-state index is 12.4. The Balaban J connectivity index is 3.08. The van der Waals surface area contributed by atoms with Crippen molar-refractivity contribution in [3.63, 3.8) is 0 Å². The molecule has 2 N–H and O–H groups in total. The van der Waals surface area contributed by atoms with Gasteiger partial charge < -0.3 is 10.5 Å². The molecule has 104 valence electrons. The average Bonchev–Trinajstić information content (AvgIpc) is 2.70. The molecule has 0 radical (unpaired) electrons. The average molecular weight is 292 g/mol. The molecule has 0 bridgehead atoms. The molecule has 1 heterocycles. The second kappa shape index (κ2) is 6.12. The highest BCUT2D eigenvalue weighted by molar-refractivity contribution is 7.89. The summed E-state index contributed by atoms with van der Waals surface area (Å²) in [4.78, 5) is 1.99. The van der Waals surface area contributed by atoms with Crippen LogP contribution in [-0.2, 0) is 21.3 Å². The van der Waals surface area contributed by atoms with E-state index in [2.05, 4.69) is 0 Å². The Kier molecular flexibility index (Phi) is 5.30. The number of ether oxygens (including phenoxy) is 1. The van der Waals surface area contributed by atoms with Gasteiger partial charge in [0.25, 0.3) is 0 Å². The second-order valence-corrected chi connectivity index (χ2v) is 7.47. The Morgan fingerprint density at radius 2 is 2.17 bits per heavy atom. The standard InChI is InChI=1S/C11H20N2O3S2/c1-8(7-16-4)13(3)18(14,15)11-5-10(6-12)17-9(11)2/h5,8H,6-7,12H2,1-4H3. The summed E-state index contributed by atoms with van der Waals surface area (Å²) in [5.41, 5.74) is 5.54. The van der Waals surface area contributed by atoms with Crippen LogP contribution in [0, 0.1) is 6.92 Å². The molecule has 0 saturated heterocycles. The lowest BCUT2D eigenvalue weighted by atomic mass is 10.4. The van der Waals surface area contributed by atoms with Gasteiger partial charge in [-0.1, -0.05) is 0 Å². The van der Waals surface area contributed by atoms with Crippen LogP contribution < -0.4 is 5.73 Å². The lowest BCUT2D eigenvalue weighted by Crippen LogP contribution is -2.37. The summed E-state index contributed by atoms with van der Waals surface area (Å²) in [5, 5.41) is 0. The van der Waals surface area contributed by atoms with Crippen molar-refractivity contribution in [2.45, 2.75) is 31.3 Å². The molecule has 18 heavy (non-hydrogen) atoms. The van der Waals surface area contributed by atoms with Gasteiger partial charge in [0, 0.05) is 36.5 Å². The molecular weight excluding hydrogens is 272 g/mol. The van der Waals surface area contributed by atoms with Crippen molar-refractivity contribution in [1.29, 1.82) is 0 Å². The van der Waals surface area contributed by atoms with E-state index in [9.17, 15) is 8.42 Å². The first-order valence-electron chi connectivity index (χ1n) is 5.61. The smallest absolute Gasteiger partial charge is 0.244 e. The van der Waals surface area contributed by atoms with E-state index in [1.165, 1.54) is 15.6 Å². The predicted molar refractivity (Wildman–Crippen MR) is 73.2 cm³/mol. The van der Waals surface area contributed by atoms with E-state index in [-0.39, 0.29) is 6.04 Å². The zero-order valence-electron chi connectivity index (χ0n) is 11.1. The zero-order chi connectivity index (χ0) is 13.9. The number of hydrogen-bond acceptors (Lipinski definition) is 5. The summed E-state index contributed by atoms with van der Waals surface area (Å²) < 4.78 is 31.2. The fourth-order valence-corrected chi connectivity index (χ4v) is 4.45. The van der Waals surface area contributed by atoms with E-state index in [0.717, 1.165) is 9.75 Å². The van der Waals surface area contributed by atoms with Crippen molar-refractivity contribution < 1.29 is 13.2 Å². The zero-order valence-corrected chi connectivity index (χ0v) is 12.8. The first-order valence-corrected chi connectivity index (χ1v) is 7.86. The minimum absolute atomic E-state index is 0.208. The highest BCUT2D eigenvalue weighted by atomic mass is 32.2. The van der Waals surface area contributed by atoms with Gasteiger partial charge in [0.05, 0.1) is 11.5 Å². The summed E-state index contributed by atoms with van der Waals surface area (Å²) >= 11 is 1.42. The number of methoxy groups -OCH3 is 1. The van der Waals surface area contributed by atoms with Crippen LogP contribution in [0.25, 0.3) is 0 Å². The molecule has 7 heteroatoms. The summed E-state index contributed by atoms with van der Waals surface area (Å²) in [7, 11) is -0.350. The van der Waals surface area contributed by atoms with Crippen molar-refractivity contribution in [2.24, 2.45) is 5.73 Å². The molecule has 1 rings (SSSR count). The van der Waals surface area contributed by atoms with Crippen LogP contribution in [0.5, 0.6) is 0 Å². The van der Waals surface area contributed by atoms with Crippen molar-refractivity contribution in [2.75, 3.05) is 20.8 Å². The Bertz CT molecular complexity index is 496. The maximum Gasteiger partial charge on any atom is 0.244 e. The Morgan fingerprint density at radius 3 is 2.61 bits per heavy atom.